The lowest BCUT2D eigenvalue weighted by Crippen LogP contribution is -2.45. The second kappa shape index (κ2) is 11.9. The molecule has 1 atom stereocenters. The van der Waals surface area contributed by atoms with E-state index in [1.807, 2.05) is 11.8 Å². The van der Waals surface area contributed by atoms with Crippen molar-refractivity contribution in [1.82, 2.24) is 19.8 Å². The maximum Gasteiger partial charge on any atom is 0.222 e. The number of carbonyl (C=O) groups is 1. The number of rotatable bonds is 8. The lowest BCUT2D eigenvalue weighted by atomic mass is 10.3. The van der Waals surface area contributed by atoms with Crippen molar-refractivity contribution in [3.63, 3.8) is 0 Å². The van der Waals surface area contributed by atoms with E-state index in [9.17, 15) is 13.2 Å². The summed E-state index contributed by atoms with van der Waals surface area (Å²) in [6.07, 6.45) is 2.14. The summed E-state index contributed by atoms with van der Waals surface area (Å²) < 4.78 is 24.7. The normalized spacial score (nSPS) is 18.2. The molecule has 1 aliphatic rings. The van der Waals surface area contributed by atoms with E-state index in [4.69, 9.17) is 0 Å². The van der Waals surface area contributed by atoms with Crippen LogP contribution in [0, 0.1) is 0 Å². The predicted molar refractivity (Wildman–Crippen MR) is 112 cm³/mol. The van der Waals surface area contributed by atoms with Crippen molar-refractivity contribution >= 4 is 45.9 Å². The molecule has 1 fully saturated rings. The number of nitrogens with one attached hydrogen (secondary N) is 2. The fourth-order valence-corrected chi connectivity index (χ4v) is 3.43. The zero-order valence-corrected chi connectivity index (χ0v) is 18.8. The Hall–Kier alpha value is -0.620. The van der Waals surface area contributed by atoms with Gasteiger partial charge in [-0.3, -0.25) is 9.79 Å². The molecule has 25 heavy (non-hydrogen) atoms. The van der Waals surface area contributed by atoms with Crippen molar-refractivity contribution in [1.29, 1.82) is 0 Å². The largest absolute Gasteiger partial charge is 0.356 e. The van der Waals surface area contributed by atoms with Crippen molar-refractivity contribution in [3.05, 3.63) is 0 Å². The van der Waals surface area contributed by atoms with Gasteiger partial charge < -0.3 is 15.5 Å². The summed E-state index contributed by atoms with van der Waals surface area (Å²) in [6.45, 7) is 6.10. The van der Waals surface area contributed by atoms with Gasteiger partial charge in [-0.15, -0.1) is 24.0 Å². The molecule has 1 heterocycles. The van der Waals surface area contributed by atoms with Crippen molar-refractivity contribution in [2.45, 2.75) is 39.2 Å². The molecule has 1 unspecified atom stereocenters. The average Bonchev–Trinajstić information content (AvgIpc) is 3.04. The summed E-state index contributed by atoms with van der Waals surface area (Å²) >= 11 is 0. The molecular weight excluding hydrogens is 457 g/mol. The predicted octanol–water partition coefficient (Wildman–Crippen LogP) is 0.452. The van der Waals surface area contributed by atoms with Crippen molar-refractivity contribution in [2.75, 3.05) is 46.0 Å². The molecule has 8 nitrogen and oxygen atoms in total. The first kappa shape index (κ1) is 24.4. The van der Waals surface area contributed by atoms with Crippen molar-refractivity contribution < 1.29 is 13.2 Å². The van der Waals surface area contributed by atoms with Crippen LogP contribution in [0.2, 0.25) is 0 Å². The molecule has 0 bridgehead atoms. The summed E-state index contributed by atoms with van der Waals surface area (Å²) in [5, 5.41) is 6.51. The lowest BCUT2D eigenvalue weighted by molar-refractivity contribution is -0.129. The van der Waals surface area contributed by atoms with Crippen LogP contribution >= 0.6 is 24.0 Å². The maximum absolute atomic E-state index is 11.7. The number of carbonyl (C=O) groups excluding carboxylic acids is 1. The van der Waals surface area contributed by atoms with Crippen LogP contribution in [0.1, 0.15) is 33.1 Å². The van der Waals surface area contributed by atoms with Gasteiger partial charge in [-0.25, -0.2) is 12.7 Å². The monoisotopic (exact) mass is 489 g/mol. The Morgan fingerprint density at radius 2 is 2.04 bits per heavy atom. The lowest BCUT2D eigenvalue weighted by Gasteiger charge is -2.19. The van der Waals surface area contributed by atoms with Crippen LogP contribution in [0.3, 0.4) is 0 Å². The van der Waals surface area contributed by atoms with Gasteiger partial charge in [-0.1, -0.05) is 6.92 Å². The topological polar surface area (TPSA) is 94.1 Å². The van der Waals surface area contributed by atoms with E-state index in [0.717, 1.165) is 13.0 Å². The van der Waals surface area contributed by atoms with Gasteiger partial charge in [0, 0.05) is 52.7 Å². The third kappa shape index (κ3) is 8.07. The molecule has 0 aliphatic carbocycles. The molecule has 0 spiro atoms. The van der Waals surface area contributed by atoms with Gasteiger partial charge in [0.2, 0.25) is 15.9 Å². The number of hydrogen-bond acceptors (Lipinski definition) is 4. The third-order valence-electron chi connectivity index (χ3n) is 4.19. The van der Waals surface area contributed by atoms with Gasteiger partial charge in [-0.2, -0.15) is 0 Å². The molecule has 10 heteroatoms. The number of nitrogens with zero attached hydrogens (tertiary/aromatic N) is 3. The van der Waals surface area contributed by atoms with Crippen LogP contribution in [-0.4, -0.2) is 81.6 Å². The van der Waals surface area contributed by atoms with Crippen molar-refractivity contribution in [2.24, 2.45) is 4.99 Å². The van der Waals surface area contributed by atoms with E-state index in [2.05, 4.69) is 15.6 Å². The highest BCUT2D eigenvalue weighted by Gasteiger charge is 2.25. The molecular formula is C15H32IN5O3S. The van der Waals surface area contributed by atoms with E-state index >= 15 is 0 Å². The number of likely N-dealkylation sites (tertiary alicyclic amines) is 1. The number of hydrogen-bond donors (Lipinski definition) is 2. The van der Waals surface area contributed by atoms with E-state index in [1.165, 1.54) is 4.31 Å². The Kier molecular flexibility index (Phi) is 11.6. The molecule has 2 N–H and O–H groups in total. The van der Waals surface area contributed by atoms with E-state index in [-0.39, 0.29) is 41.7 Å². The summed E-state index contributed by atoms with van der Waals surface area (Å²) in [6, 6.07) is 0.204. The smallest absolute Gasteiger partial charge is 0.222 e. The molecule has 0 aromatic heterocycles. The molecule has 1 rings (SSSR count). The highest BCUT2D eigenvalue weighted by Crippen LogP contribution is 2.10. The SMILES string of the molecule is CCC(=O)N1CCC(NC(=NC)NCCCN(C)S(=O)(=O)CC)C1.I. The van der Waals surface area contributed by atoms with Gasteiger partial charge >= 0.3 is 0 Å². The van der Waals surface area contributed by atoms with E-state index in [1.54, 1.807) is 21.0 Å². The van der Waals surface area contributed by atoms with Crippen LogP contribution in [-0.2, 0) is 14.8 Å². The first-order chi connectivity index (χ1) is 11.3. The first-order valence-electron chi connectivity index (χ1n) is 8.53. The molecule has 148 valence electrons. The standard InChI is InChI=1S/C15H31N5O3S.HI/c1-5-14(21)20-11-8-13(12-20)18-15(16-3)17-9-7-10-19(4)24(22,23)6-2;/h13H,5-12H2,1-4H3,(H2,16,17,18);1H. The van der Waals surface area contributed by atoms with Gasteiger partial charge in [0.25, 0.3) is 0 Å². The zero-order chi connectivity index (χ0) is 18.2. The van der Waals surface area contributed by atoms with Crippen LogP contribution in [0.5, 0.6) is 0 Å². The van der Waals surface area contributed by atoms with Gasteiger partial charge in [0.05, 0.1) is 5.75 Å². The molecule has 0 saturated carbocycles. The highest BCUT2D eigenvalue weighted by atomic mass is 127. The van der Waals surface area contributed by atoms with E-state index < -0.39 is 10.0 Å². The third-order valence-corrected chi connectivity index (χ3v) is 6.05. The molecule has 0 aromatic carbocycles. The van der Waals surface area contributed by atoms with Crippen LogP contribution < -0.4 is 10.6 Å². The number of halogens is 1. The Bertz CT molecular complexity index is 541. The quantitative estimate of drug-likeness (QED) is 0.224. The first-order valence-corrected chi connectivity index (χ1v) is 10.1. The van der Waals surface area contributed by atoms with Crippen LogP contribution in [0.4, 0.5) is 0 Å². The Labute approximate surface area is 168 Å². The highest BCUT2D eigenvalue weighted by molar-refractivity contribution is 14.0. The Morgan fingerprint density at radius 1 is 1.36 bits per heavy atom. The zero-order valence-electron chi connectivity index (χ0n) is 15.6. The average molecular weight is 489 g/mol. The molecule has 0 radical (unpaired) electrons. The van der Waals surface area contributed by atoms with Gasteiger partial charge in [-0.05, 0) is 19.8 Å². The van der Waals surface area contributed by atoms with Crippen LogP contribution in [0.15, 0.2) is 4.99 Å². The second-order valence-electron chi connectivity index (χ2n) is 5.90. The minimum atomic E-state index is -3.12. The minimum absolute atomic E-state index is 0. The summed E-state index contributed by atoms with van der Waals surface area (Å²) in [4.78, 5) is 17.7. The van der Waals surface area contributed by atoms with Crippen molar-refractivity contribution in [3.8, 4) is 0 Å². The number of aliphatic imine (C=N–C) groups is 1. The molecule has 1 saturated heterocycles. The number of guanidine groups is 1. The van der Waals surface area contributed by atoms with Gasteiger partial charge in [0.15, 0.2) is 5.96 Å². The van der Waals surface area contributed by atoms with E-state index in [0.29, 0.717) is 38.4 Å². The minimum Gasteiger partial charge on any atom is -0.356 e. The maximum atomic E-state index is 11.7. The fourth-order valence-electron chi connectivity index (χ4n) is 2.58. The Morgan fingerprint density at radius 3 is 2.60 bits per heavy atom. The molecule has 0 aromatic rings. The van der Waals surface area contributed by atoms with Gasteiger partial charge in [0.1, 0.15) is 0 Å². The number of sulfonamides is 1. The summed E-state index contributed by atoms with van der Waals surface area (Å²) in [5.74, 6) is 0.989. The number of amides is 1. The summed E-state index contributed by atoms with van der Waals surface area (Å²) in [5.41, 5.74) is 0. The fraction of sp³-hybridized carbons (Fsp3) is 0.867. The summed E-state index contributed by atoms with van der Waals surface area (Å²) in [7, 11) is 0.185. The molecule has 1 aliphatic heterocycles. The Balaban J connectivity index is 0.00000576. The second-order valence-corrected chi connectivity index (χ2v) is 8.26. The molecule has 1 amide bonds. The van der Waals surface area contributed by atoms with Crippen LogP contribution in [0.25, 0.3) is 0 Å².